The van der Waals surface area contributed by atoms with Crippen molar-refractivity contribution >= 4 is 25.1 Å². The summed E-state index contributed by atoms with van der Waals surface area (Å²) in [6.07, 6.45) is 0. The lowest BCUT2D eigenvalue weighted by Gasteiger charge is -1.99. The third-order valence-electron chi connectivity index (χ3n) is 2.28. The van der Waals surface area contributed by atoms with Gasteiger partial charge in [0.2, 0.25) is 11.6 Å². The molecule has 2 aromatic rings. The fourth-order valence-electron chi connectivity index (χ4n) is 1.44. The minimum Gasteiger partial charge on any atom is -0.285 e. The molecule has 0 radical (unpaired) electrons. The summed E-state index contributed by atoms with van der Waals surface area (Å²) in [6.45, 7) is 0. The Hall–Kier alpha value is -1.87. The molecule has 0 amide bonds. The summed E-state index contributed by atoms with van der Waals surface area (Å²) in [5, 5.41) is 0. The Labute approximate surface area is 107 Å². The number of Topliss-reactive ketones (excluding diaryl/α,β-unsaturated/α-hetero) is 2. The lowest BCUT2D eigenvalue weighted by molar-refractivity contribution is 0.0817. The van der Waals surface area contributed by atoms with Crippen LogP contribution in [0.15, 0.2) is 60.7 Å². The largest absolute Gasteiger partial charge is 0.285 e. The quantitative estimate of drug-likeness (QED) is 0.614. The molecule has 0 atom stereocenters. The third kappa shape index (κ3) is 3.04. The monoisotopic (exact) mass is 244 g/mol. The van der Waals surface area contributed by atoms with Crippen molar-refractivity contribution in [3.8, 4) is 0 Å². The topological polar surface area (TPSA) is 34.1 Å². The van der Waals surface area contributed by atoms with Crippen LogP contribution in [-0.4, -0.2) is 11.6 Å². The molecule has 0 aliphatic carbocycles. The summed E-state index contributed by atoms with van der Waals surface area (Å²) >= 11 is 0. The van der Waals surface area contributed by atoms with Crippen LogP contribution in [0, 0.1) is 0 Å². The van der Waals surface area contributed by atoms with Crippen molar-refractivity contribution in [3.05, 3.63) is 71.8 Å². The first-order chi connectivity index (χ1) is 7.79. The zero-order valence-corrected chi connectivity index (χ0v) is 10.1. The van der Waals surface area contributed by atoms with Gasteiger partial charge < -0.3 is 0 Å². The van der Waals surface area contributed by atoms with Crippen LogP contribution in [0.5, 0.6) is 0 Å². The minimum absolute atomic E-state index is 0. The third-order valence-corrected chi connectivity index (χ3v) is 2.28. The molecule has 0 N–H and O–H groups in total. The van der Waals surface area contributed by atoms with Gasteiger partial charge in [0, 0.05) is 11.1 Å². The molecule has 0 saturated heterocycles. The maximum atomic E-state index is 11.8. The predicted molar refractivity (Wildman–Crippen MR) is 71.9 cm³/mol. The normalized spacial score (nSPS) is 9.18. The van der Waals surface area contributed by atoms with Gasteiger partial charge in [0.25, 0.3) is 0 Å². The van der Waals surface area contributed by atoms with E-state index in [1.54, 1.807) is 48.5 Å². The molecular weight excluding hydrogens is 232 g/mol. The lowest BCUT2D eigenvalue weighted by atomic mass is 10.0. The van der Waals surface area contributed by atoms with E-state index in [0.717, 1.165) is 0 Å². The fourth-order valence-corrected chi connectivity index (χ4v) is 1.44. The van der Waals surface area contributed by atoms with E-state index in [1.807, 2.05) is 12.1 Å². The van der Waals surface area contributed by atoms with Gasteiger partial charge in [-0.05, 0) is 0 Å². The average molecular weight is 244 g/mol. The highest BCUT2D eigenvalue weighted by atomic mass is 32.1. The molecule has 17 heavy (non-hydrogen) atoms. The van der Waals surface area contributed by atoms with Gasteiger partial charge >= 0.3 is 0 Å². The van der Waals surface area contributed by atoms with Gasteiger partial charge in [0.1, 0.15) is 0 Å². The number of hydrogen-bond acceptors (Lipinski definition) is 2. The molecule has 2 nitrogen and oxygen atoms in total. The van der Waals surface area contributed by atoms with Gasteiger partial charge in [-0.2, -0.15) is 13.5 Å². The highest BCUT2D eigenvalue weighted by Gasteiger charge is 2.16. The second-order valence-corrected chi connectivity index (χ2v) is 3.39. The number of rotatable bonds is 3. The van der Waals surface area contributed by atoms with Gasteiger partial charge in [-0.15, -0.1) is 0 Å². The van der Waals surface area contributed by atoms with Crippen molar-refractivity contribution in [2.45, 2.75) is 0 Å². The molecule has 0 aliphatic heterocycles. The predicted octanol–water partition coefficient (Wildman–Crippen LogP) is 2.87. The Balaban J connectivity index is 0.00000144. The van der Waals surface area contributed by atoms with E-state index in [-0.39, 0.29) is 13.5 Å². The van der Waals surface area contributed by atoms with E-state index in [0.29, 0.717) is 11.1 Å². The lowest BCUT2D eigenvalue weighted by Crippen LogP contribution is -2.14. The van der Waals surface area contributed by atoms with Crippen LogP contribution < -0.4 is 0 Å². The molecule has 2 rings (SSSR count). The second kappa shape index (κ2) is 6.01. The Morgan fingerprint density at radius 3 is 1.18 bits per heavy atom. The van der Waals surface area contributed by atoms with Crippen molar-refractivity contribution in [1.29, 1.82) is 0 Å². The number of hydrogen-bond donors (Lipinski definition) is 0. The van der Waals surface area contributed by atoms with Crippen molar-refractivity contribution in [1.82, 2.24) is 0 Å². The highest BCUT2D eigenvalue weighted by molar-refractivity contribution is 7.59. The van der Waals surface area contributed by atoms with Crippen molar-refractivity contribution in [2.75, 3.05) is 0 Å². The SMILES string of the molecule is O=C(C(=O)c1ccccc1)c1ccccc1.S. The molecule has 0 spiro atoms. The van der Waals surface area contributed by atoms with E-state index in [1.165, 1.54) is 0 Å². The van der Waals surface area contributed by atoms with E-state index in [4.69, 9.17) is 0 Å². The maximum Gasteiger partial charge on any atom is 0.233 e. The number of carbonyl (C=O) groups is 2. The maximum absolute atomic E-state index is 11.8. The molecule has 0 bridgehead atoms. The summed E-state index contributed by atoms with van der Waals surface area (Å²) < 4.78 is 0. The zero-order chi connectivity index (χ0) is 11.4. The molecule has 0 aromatic heterocycles. The standard InChI is InChI=1S/C14H10O2.H2S/c15-13(11-7-3-1-4-8-11)14(16)12-9-5-2-6-10-12;/h1-10H;1H2. The van der Waals surface area contributed by atoms with Gasteiger partial charge in [0.15, 0.2) is 0 Å². The molecule has 86 valence electrons. The number of carbonyl (C=O) groups excluding carboxylic acids is 2. The van der Waals surface area contributed by atoms with Gasteiger partial charge in [-0.1, -0.05) is 60.7 Å². The first kappa shape index (κ1) is 13.2. The van der Waals surface area contributed by atoms with Crippen LogP contribution in [0.4, 0.5) is 0 Å². The number of benzene rings is 2. The van der Waals surface area contributed by atoms with Crippen LogP contribution in [0.2, 0.25) is 0 Å². The first-order valence-corrected chi connectivity index (χ1v) is 4.98. The van der Waals surface area contributed by atoms with Gasteiger partial charge in [-0.3, -0.25) is 9.59 Å². The van der Waals surface area contributed by atoms with Gasteiger partial charge in [0.05, 0.1) is 0 Å². The molecule has 0 saturated carbocycles. The first-order valence-electron chi connectivity index (χ1n) is 4.98. The zero-order valence-electron chi connectivity index (χ0n) is 9.09. The Morgan fingerprint density at radius 1 is 0.588 bits per heavy atom. The number of ketones is 2. The van der Waals surface area contributed by atoms with E-state index in [9.17, 15) is 9.59 Å². The van der Waals surface area contributed by atoms with Crippen molar-refractivity contribution in [2.24, 2.45) is 0 Å². The molecule has 0 fully saturated rings. The van der Waals surface area contributed by atoms with Gasteiger partial charge in [-0.25, -0.2) is 0 Å². The van der Waals surface area contributed by atoms with E-state index in [2.05, 4.69) is 0 Å². The molecule has 0 unspecified atom stereocenters. The molecular formula is C14H12O2S. The second-order valence-electron chi connectivity index (χ2n) is 3.39. The van der Waals surface area contributed by atoms with Crippen LogP contribution >= 0.6 is 13.5 Å². The van der Waals surface area contributed by atoms with Crippen molar-refractivity contribution < 1.29 is 9.59 Å². The summed E-state index contributed by atoms with van der Waals surface area (Å²) in [7, 11) is 0. The Bertz CT molecular complexity index is 457. The van der Waals surface area contributed by atoms with Crippen molar-refractivity contribution in [3.63, 3.8) is 0 Å². The molecule has 0 aliphatic rings. The summed E-state index contributed by atoms with van der Waals surface area (Å²) in [5.41, 5.74) is 0.854. The van der Waals surface area contributed by atoms with E-state index >= 15 is 0 Å². The Morgan fingerprint density at radius 2 is 0.882 bits per heavy atom. The molecule has 3 heteroatoms. The van der Waals surface area contributed by atoms with Crippen LogP contribution in [0.3, 0.4) is 0 Å². The summed E-state index contributed by atoms with van der Waals surface area (Å²) in [5.74, 6) is -0.932. The van der Waals surface area contributed by atoms with E-state index < -0.39 is 11.6 Å². The minimum atomic E-state index is -0.466. The van der Waals surface area contributed by atoms with Crippen LogP contribution in [-0.2, 0) is 0 Å². The Kier molecular flexibility index (Phi) is 4.67. The molecule has 0 heterocycles. The fraction of sp³-hybridized carbons (Fsp3) is 0. The van der Waals surface area contributed by atoms with Crippen LogP contribution in [0.1, 0.15) is 20.7 Å². The summed E-state index contributed by atoms with van der Waals surface area (Å²) in [4.78, 5) is 23.6. The average Bonchev–Trinajstić information content (AvgIpc) is 2.39. The molecule has 2 aromatic carbocycles. The summed E-state index contributed by atoms with van der Waals surface area (Å²) in [6, 6.07) is 17.2. The van der Waals surface area contributed by atoms with Crippen LogP contribution in [0.25, 0.3) is 0 Å². The smallest absolute Gasteiger partial charge is 0.233 e. The highest BCUT2D eigenvalue weighted by Crippen LogP contribution is 2.07.